The van der Waals surface area contributed by atoms with Crippen LogP contribution in [0, 0.1) is 0 Å². The first-order valence-electron chi connectivity index (χ1n) is 4.95. The van der Waals surface area contributed by atoms with Crippen molar-refractivity contribution in [1.82, 2.24) is 5.32 Å². The summed E-state index contributed by atoms with van der Waals surface area (Å²) in [5.41, 5.74) is 0. The van der Waals surface area contributed by atoms with Crippen molar-refractivity contribution in [3.05, 3.63) is 36.3 Å². The Labute approximate surface area is 98.1 Å². The molecular weight excluding hydrogens is 232 g/mol. The van der Waals surface area contributed by atoms with Gasteiger partial charge in [-0.05, 0) is 19.1 Å². The molecule has 0 aliphatic carbocycles. The number of alkyl halides is 2. The Balaban J connectivity index is 2.36. The average molecular weight is 247 g/mol. The zero-order valence-corrected chi connectivity index (χ0v) is 9.90. The Morgan fingerprint density at radius 3 is 2.81 bits per heavy atom. The van der Waals surface area contributed by atoms with E-state index < -0.39 is 5.76 Å². The summed E-state index contributed by atoms with van der Waals surface area (Å²) in [7, 11) is 0. The van der Waals surface area contributed by atoms with Gasteiger partial charge in [-0.15, -0.1) is 6.58 Å². The SMILES string of the molecule is C=CC(C)NCc1ccc(CSC(F)F)o1. The van der Waals surface area contributed by atoms with E-state index in [-0.39, 0.29) is 11.8 Å². The minimum absolute atomic E-state index is 0.198. The minimum Gasteiger partial charge on any atom is -0.464 e. The second-order valence-corrected chi connectivity index (χ2v) is 4.32. The highest BCUT2D eigenvalue weighted by Crippen LogP contribution is 2.21. The maximum Gasteiger partial charge on any atom is 0.284 e. The molecule has 16 heavy (non-hydrogen) atoms. The molecule has 90 valence electrons. The number of rotatable bonds is 7. The number of thioether (sulfide) groups is 1. The van der Waals surface area contributed by atoms with Crippen LogP contribution < -0.4 is 5.32 Å². The smallest absolute Gasteiger partial charge is 0.284 e. The van der Waals surface area contributed by atoms with Gasteiger partial charge < -0.3 is 9.73 Å². The summed E-state index contributed by atoms with van der Waals surface area (Å²) in [6.45, 7) is 6.20. The van der Waals surface area contributed by atoms with Crippen LogP contribution in [-0.4, -0.2) is 11.8 Å². The maximum absolute atomic E-state index is 11.9. The third kappa shape index (κ3) is 4.81. The normalized spacial score (nSPS) is 13.0. The van der Waals surface area contributed by atoms with Crippen LogP contribution in [0.15, 0.2) is 29.2 Å². The van der Waals surface area contributed by atoms with Gasteiger partial charge in [0.15, 0.2) is 0 Å². The van der Waals surface area contributed by atoms with Crippen molar-refractivity contribution in [2.24, 2.45) is 0 Å². The lowest BCUT2D eigenvalue weighted by Crippen LogP contribution is -2.22. The van der Waals surface area contributed by atoms with E-state index in [1.807, 2.05) is 6.92 Å². The molecule has 0 fully saturated rings. The quantitative estimate of drug-likeness (QED) is 0.748. The van der Waals surface area contributed by atoms with E-state index in [1.165, 1.54) is 0 Å². The van der Waals surface area contributed by atoms with E-state index in [2.05, 4.69) is 11.9 Å². The van der Waals surface area contributed by atoms with Crippen molar-refractivity contribution in [1.29, 1.82) is 0 Å². The van der Waals surface area contributed by atoms with Crippen LogP contribution in [0.25, 0.3) is 0 Å². The molecule has 0 amide bonds. The van der Waals surface area contributed by atoms with Crippen molar-refractivity contribution in [3.63, 3.8) is 0 Å². The van der Waals surface area contributed by atoms with Crippen molar-refractivity contribution in [2.75, 3.05) is 0 Å². The lowest BCUT2D eigenvalue weighted by Gasteiger charge is -2.06. The molecule has 0 saturated carbocycles. The Hall–Kier alpha value is -0.810. The van der Waals surface area contributed by atoms with Crippen LogP contribution in [0.1, 0.15) is 18.4 Å². The summed E-state index contributed by atoms with van der Waals surface area (Å²) < 4.78 is 29.2. The summed E-state index contributed by atoms with van der Waals surface area (Å²) in [5, 5.41) is 3.16. The molecule has 0 aliphatic heterocycles. The van der Waals surface area contributed by atoms with Gasteiger partial charge in [-0.25, -0.2) is 0 Å². The van der Waals surface area contributed by atoms with E-state index in [0.29, 0.717) is 24.1 Å². The van der Waals surface area contributed by atoms with E-state index in [9.17, 15) is 8.78 Å². The van der Waals surface area contributed by atoms with Gasteiger partial charge in [0.2, 0.25) is 0 Å². The summed E-state index contributed by atoms with van der Waals surface area (Å²) in [6.07, 6.45) is 1.79. The fraction of sp³-hybridized carbons (Fsp3) is 0.455. The van der Waals surface area contributed by atoms with Crippen molar-refractivity contribution in [2.45, 2.75) is 31.0 Å². The molecule has 1 unspecified atom stereocenters. The molecule has 1 aromatic heterocycles. The van der Waals surface area contributed by atoms with Gasteiger partial charge in [0.05, 0.1) is 12.3 Å². The fourth-order valence-electron chi connectivity index (χ4n) is 1.08. The van der Waals surface area contributed by atoms with Crippen LogP contribution in [-0.2, 0) is 12.3 Å². The lowest BCUT2D eigenvalue weighted by molar-refractivity contribution is 0.251. The molecule has 0 aromatic carbocycles. The van der Waals surface area contributed by atoms with E-state index in [4.69, 9.17) is 4.42 Å². The average Bonchev–Trinajstić information content (AvgIpc) is 2.71. The molecule has 0 aliphatic rings. The molecule has 0 radical (unpaired) electrons. The molecule has 0 bridgehead atoms. The van der Waals surface area contributed by atoms with Crippen LogP contribution in [0.5, 0.6) is 0 Å². The van der Waals surface area contributed by atoms with Gasteiger partial charge in [0, 0.05) is 6.04 Å². The molecule has 2 nitrogen and oxygen atoms in total. The third-order valence-corrected chi connectivity index (χ3v) is 2.72. The number of hydrogen-bond acceptors (Lipinski definition) is 3. The first kappa shape index (κ1) is 13.3. The van der Waals surface area contributed by atoms with Crippen molar-refractivity contribution in [3.8, 4) is 0 Å². The first-order chi connectivity index (χ1) is 7.61. The summed E-state index contributed by atoms with van der Waals surface area (Å²) in [5.74, 6) is -0.825. The minimum atomic E-state index is -2.35. The van der Waals surface area contributed by atoms with Gasteiger partial charge in [-0.1, -0.05) is 17.8 Å². The predicted molar refractivity (Wildman–Crippen MR) is 62.5 cm³/mol. The molecular formula is C11H15F2NOS. The van der Waals surface area contributed by atoms with Gasteiger partial charge in [0.1, 0.15) is 11.5 Å². The monoisotopic (exact) mass is 247 g/mol. The topological polar surface area (TPSA) is 25.2 Å². The molecule has 5 heteroatoms. The van der Waals surface area contributed by atoms with Crippen molar-refractivity contribution < 1.29 is 13.2 Å². The van der Waals surface area contributed by atoms with Gasteiger partial charge in [0.25, 0.3) is 5.76 Å². The predicted octanol–water partition coefficient (Wildman–Crippen LogP) is 3.40. The first-order valence-corrected chi connectivity index (χ1v) is 6.00. The highest BCUT2D eigenvalue weighted by atomic mass is 32.2. The number of halogens is 2. The van der Waals surface area contributed by atoms with Gasteiger partial charge in [-0.2, -0.15) is 8.78 Å². The largest absolute Gasteiger partial charge is 0.464 e. The zero-order valence-electron chi connectivity index (χ0n) is 9.08. The van der Waals surface area contributed by atoms with Crippen molar-refractivity contribution >= 4 is 11.8 Å². The van der Waals surface area contributed by atoms with E-state index in [0.717, 1.165) is 5.76 Å². The Bertz CT molecular complexity index is 328. The fourth-order valence-corrected chi connectivity index (χ4v) is 1.53. The molecule has 0 saturated heterocycles. The summed E-state index contributed by atoms with van der Waals surface area (Å²) in [4.78, 5) is 0. The number of furan rings is 1. The molecule has 0 spiro atoms. The highest BCUT2D eigenvalue weighted by Gasteiger charge is 2.07. The Kier molecular flexibility index (Phi) is 5.55. The Morgan fingerprint density at radius 1 is 1.50 bits per heavy atom. The van der Waals surface area contributed by atoms with Gasteiger partial charge in [-0.3, -0.25) is 0 Å². The zero-order chi connectivity index (χ0) is 12.0. The highest BCUT2D eigenvalue weighted by molar-refractivity contribution is 7.98. The molecule has 1 N–H and O–H groups in total. The molecule has 1 heterocycles. The second kappa shape index (κ2) is 6.70. The number of nitrogens with one attached hydrogen (secondary N) is 1. The second-order valence-electron chi connectivity index (χ2n) is 3.34. The van der Waals surface area contributed by atoms with E-state index in [1.54, 1.807) is 18.2 Å². The third-order valence-electron chi connectivity index (χ3n) is 2.02. The van der Waals surface area contributed by atoms with E-state index >= 15 is 0 Å². The summed E-state index contributed by atoms with van der Waals surface area (Å²) >= 11 is 0.563. The van der Waals surface area contributed by atoms with Crippen LogP contribution in [0.3, 0.4) is 0 Å². The van der Waals surface area contributed by atoms with Crippen LogP contribution in [0.2, 0.25) is 0 Å². The Morgan fingerprint density at radius 2 is 2.19 bits per heavy atom. The van der Waals surface area contributed by atoms with Gasteiger partial charge >= 0.3 is 0 Å². The molecule has 1 aromatic rings. The van der Waals surface area contributed by atoms with Crippen LogP contribution >= 0.6 is 11.8 Å². The number of hydrogen-bond donors (Lipinski definition) is 1. The molecule has 1 atom stereocenters. The standard InChI is InChI=1S/C11H15F2NOS/c1-3-8(2)14-6-9-4-5-10(15-9)7-16-11(12)13/h3-5,8,11,14H,1,6-7H2,2H3. The lowest BCUT2D eigenvalue weighted by atomic mass is 10.3. The molecule has 1 rings (SSSR count). The maximum atomic E-state index is 11.9. The summed E-state index contributed by atoms with van der Waals surface area (Å²) in [6, 6.07) is 3.72. The van der Waals surface area contributed by atoms with Crippen LogP contribution in [0.4, 0.5) is 8.78 Å².